The first-order valence-electron chi connectivity index (χ1n) is 9.31. The van der Waals surface area contributed by atoms with Gasteiger partial charge in [-0.2, -0.15) is 0 Å². The third-order valence-corrected chi connectivity index (χ3v) is 5.17. The summed E-state index contributed by atoms with van der Waals surface area (Å²) < 4.78 is 9.89. The van der Waals surface area contributed by atoms with Crippen LogP contribution in [0.1, 0.15) is 89.3 Å². The molecule has 1 atom stereocenters. The first kappa shape index (κ1) is 20.1. The number of ketones is 1. The van der Waals surface area contributed by atoms with Crippen LogP contribution in [0, 0.1) is 0 Å². The molecule has 0 fully saturated rings. The molecule has 5 nitrogen and oxygen atoms in total. The molecule has 1 aliphatic rings. The normalized spacial score (nSPS) is 14.3. The molecule has 1 aromatic rings. The Balaban J connectivity index is 2.81. The van der Waals surface area contributed by atoms with E-state index in [1.807, 2.05) is 0 Å². The van der Waals surface area contributed by atoms with Gasteiger partial charge < -0.3 is 9.47 Å². The Hall–Kier alpha value is -2.17. The fourth-order valence-corrected chi connectivity index (χ4v) is 3.87. The lowest BCUT2D eigenvalue weighted by Crippen LogP contribution is -2.24. The highest BCUT2D eigenvalue weighted by Gasteiger charge is 2.33. The number of unbranched alkanes of at least 4 members (excludes halogenated alkanes) is 1. The van der Waals surface area contributed by atoms with Crippen LogP contribution in [-0.4, -0.2) is 31.9 Å². The molecule has 1 aliphatic carbocycles. The smallest absolute Gasteiger partial charge is 0.339 e. The Morgan fingerprint density at radius 1 is 1.08 bits per heavy atom. The van der Waals surface area contributed by atoms with Gasteiger partial charge >= 0.3 is 11.9 Å². The van der Waals surface area contributed by atoms with E-state index in [1.165, 1.54) is 14.2 Å². The quantitative estimate of drug-likeness (QED) is 0.687. The SMILES string of the molecule is CCCCC(C(C)=O)c1c2c(cc(C(=O)OC)c1C(=O)OC)CCCC2. The van der Waals surface area contributed by atoms with Crippen LogP contribution in [0.5, 0.6) is 0 Å². The molecule has 0 heterocycles. The van der Waals surface area contributed by atoms with Gasteiger partial charge in [0.25, 0.3) is 0 Å². The van der Waals surface area contributed by atoms with E-state index in [9.17, 15) is 14.4 Å². The van der Waals surface area contributed by atoms with Crippen LogP contribution in [0.2, 0.25) is 0 Å². The van der Waals surface area contributed by atoms with Crippen molar-refractivity contribution in [3.63, 3.8) is 0 Å². The van der Waals surface area contributed by atoms with Crippen LogP contribution in [0.15, 0.2) is 6.07 Å². The zero-order valence-electron chi connectivity index (χ0n) is 16.1. The molecule has 2 rings (SSSR count). The second kappa shape index (κ2) is 8.97. The van der Waals surface area contributed by atoms with E-state index in [0.717, 1.165) is 49.7 Å². The first-order valence-corrected chi connectivity index (χ1v) is 9.31. The third-order valence-electron chi connectivity index (χ3n) is 5.17. The Morgan fingerprint density at radius 3 is 2.31 bits per heavy atom. The van der Waals surface area contributed by atoms with Crippen LogP contribution < -0.4 is 0 Å². The maximum Gasteiger partial charge on any atom is 0.339 e. The van der Waals surface area contributed by atoms with E-state index in [0.29, 0.717) is 12.0 Å². The lowest BCUT2D eigenvalue weighted by Gasteiger charge is -2.27. The van der Waals surface area contributed by atoms with Gasteiger partial charge in [0.05, 0.1) is 25.3 Å². The number of fused-ring (bicyclic) bond motifs is 1. The Bertz CT molecular complexity index is 705. The average Bonchev–Trinajstić information content (AvgIpc) is 2.66. The molecule has 0 amide bonds. The highest BCUT2D eigenvalue weighted by atomic mass is 16.5. The minimum absolute atomic E-state index is 0.0124. The van der Waals surface area contributed by atoms with Crippen molar-refractivity contribution in [2.24, 2.45) is 0 Å². The fourth-order valence-electron chi connectivity index (χ4n) is 3.87. The third kappa shape index (κ3) is 3.97. The molecule has 0 aromatic heterocycles. The van der Waals surface area contributed by atoms with Crippen LogP contribution in [0.25, 0.3) is 0 Å². The second-order valence-electron chi connectivity index (χ2n) is 6.85. The maximum absolute atomic E-state index is 12.6. The molecule has 26 heavy (non-hydrogen) atoms. The number of benzene rings is 1. The minimum Gasteiger partial charge on any atom is -0.465 e. The standard InChI is InChI=1S/C21H28O5/c1-5-6-10-15(13(2)22)18-16-11-8-7-9-14(16)12-17(20(23)25-3)19(18)21(24)26-4/h12,15H,5-11H2,1-4H3. The number of hydrogen-bond donors (Lipinski definition) is 0. The molecule has 0 saturated heterocycles. The summed E-state index contributed by atoms with van der Waals surface area (Å²) >= 11 is 0. The van der Waals surface area contributed by atoms with Crippen LogP contribution in [-0.2, 0) is 27.1 Å². The van der Waals surface area contributed by atoms with Crippen LogP contribution in [0.4, 0.5) is 0 Å². The van der Waals surface area contributed by atoms with Crippen molar-refractivity contribution in [2.75, 3.05) is 14.2 Å². The van der Waals surface area contributed by atoms with Gasteiger partial charge in [-0.05, 0) is 61.8 Å². The van der Waals surface area contributed by atoms with Gasteiger partial charge in [0.15, 0.2) is 0 Å². The van der Waals surface area contributed by atoms with Crippen molar-refractivity contribution in [3.8, 4) is 0 Å². The highest BCUT2D eigenvalue weighted by Crippen LogP contribution is 2.37. The number of aryl methyl sites for hydroxylation is 1. The van der Waals surface area contributed by atoms with Gasteiger partial charge in [-0.1, -0.05) is 19.8 Å². The summed E-state index contributed by atoms with van der Waals surface area (Å²) in [5, 5.41) is 0. The summed E-state index contributed by atoms with van der Waals surface area (Å²) in [5.41, 5.74) is 3.19. The first-order chi connectivity index (χ1) is 12.5. The van der Waals surface area contributed by atoms with Gasteiger partial charge in [-0.25, -0.2) is 9.59 Å². The zero-order valence-corrected chi connectivity index (χ0v) is 16.1. The minimum atomic E-state index is -0.587. The molecule has 5 heteroatoms. The highest BCUT2D eigenvalue weighted by molar-refractivity contribution is 6.06. The summed E-state index contributed by atoms with van der Waals surface area (Å²) in [6.45, 7) is 3.63. The van der Waals surface area contributed by atoms with Crippen LogP contribution in [0.3, 0.4) is 0 Å². The van der Waals surface area contributed by atoms with Gasteiger partial charge in [-0.3, -0.25) is 4.79 Å². The Kier molecular flexibility index (Phi) is 6.95. The van der Waals surface area contributed by atoms with Crippen molar-refractivity contribution in [1.29, 1.82) is 0 Å². The molecule has 0 bridgehead atoms. The number of carbonyl (C=O) groups is 3. The van der Waals surface area contributed by atoms with Crippen molar-refractivity contribution in [1.82, 2.24) is 0 Å². The molecule has 0 N–H and O–H groups in total. The topological polar surface area (TPSA) is 69.7 Å². The molecular weight excluding hydrogens is 332 g/mol. The Labute approximate surface area is 155 Å². The summed E-state index contributed by atoms with van der Waals surface area (Å²) in [6, 6.07) is 1.76. The van der Waals surface area contributed by atoms with Gasteiger partial charge in [0.1, 0.15) is 5.78 Å². The summed E-state index contributed by atoms with van der Waals surface area (Å²) in [5.74, 6) is -1.55. The Morgan fingerprint density at radius 2 is 1.73 bits per heavy atom. The van der Waals surface area contributed by atoms with Gasteiger partial charge in [-0.15, -0.1) is 0 Å². The number of ether oxygens (including phenoxy) is 2. The molecule has 1 aromatic carbocycles. The molecule has 1 unspecified atom stereocenters. The zero-order chi connectivity index (χ0) is 19.3. The predicted molar refractivity (Wildman–Crippen MR) is 98.7 cm³/mol. The molecule has 0 aliphatic heterocycles. The van der Waals surface area contributed by atoms with E-state index in [4.69, 9.17) is 9.47 Å². The molecular formula is C21H28O5. The lowest BCUT2D eigenvalue weighted by molar-refractivity contribution is -0.118. The molecule has 142 valence electrons. The number of rotatable bonds is 7. The van der Waals surface area contributed by atoms with Gasteiger partial charge in [0, 0.05) is 5.92 Å². The lowest BCUT2D eigenvalue weighted by atomic mass is 9.76. The largest absolute Gasteiger partial charge is 0.465 e. The van der Waals surface area contributed by atoms with Gasteiger partial charge in [0.2, 0.25) is 0 Å². The van der Waals surface area contributed by atoms with E-state index in [-0.39, 0.29) is 16.9 Å². The van der Waals surface area contributed by atoms with E-state index < -0.39 is 17.9 Å². The van der Waals surface area contributed by atoms with Crippen molar-refractivity contribution in [2.45, 2.75) is 64.7 Å². The molecule has 0 spiro atoms. The van der Waals surface area contributed by atoms with Crippen LogP contribution >= 0.6 is 0 Å². The van der Waals surface area contributed by atoms with Crippen molar-refractivity contribution in [3.05, 3.63) is 33.9 Å². The summed E-state index contributed by atoms with van der Waals surface area (Å²) in [6.07, 6.45) is 6.18. The molecule has 0 saturated carbocycles. The average molecular weight is 360 g/mol. The number of hydrogen-bond acceptors (Lipinski definition) is 5. The van der Waals surface area contributed by atoms with E-state index >= 15 is 0 Å². The number of esters is 2. The van der Waals surface area contributed by atoms with E-state index in [1.54, 1.807) is 13.0 Å². The summed E-state index contributed by atoms with van der Waals surface area (Å²) in [7, 11) is 2.59. The van der Waals surface area contributed by atoms with Crippen molar-refractivity contribution < 1.29 is 23.9 Å². The van der Waals surface area contributed by atoms with E-state index in [2.05, 4.69) is 6.92 Å². The molecule has 0 radical (unpaired) electrons. The predicted octanol–water partition coefficient (Wildman–Crippen LogP) is 4.00. The summed E-state index contributed by atoms with van der Waals surface area (Å²) in [4.78, 5) is 37.5. The monoisotopic (exact) mass is 360 g/mol. The second-order valence-corrected chi connectivity index (χ2v) is 6.85. The number of Topliss-reactive ketones (excluding diaryl/α,β-unsaturated/α-hetero) is 1. The maximum atomic E-state index is 12.6. The number of methoxy groups -OCH3 is 2. The fraction of sp³-hybridized carbons (Fsp3) is 0.571. The number of carbonyl (C=O) groups excluding carboxylic acids is 3. The van der Waals surface area contributed by atoms with Crippen molar-refractivity contribution >= 4 is 17.7 Å².